The van der Waals surface area contributed by atoms with Gasteiger partial charge in [0.25, 0.3) is 5.91 Å². The molecule has 0 unspecified atom stereocenters. The topological polar surface area (TPSA) is 58.2 Å². The second-order valence-electron chi connectivity index (χ2n) is 5.71. The van der Waals surface area contributed by atoms with Crippen LogP contribution in [0.1, 0.15) is 21.6 Å². The summed E-state index contributed by atoms with van der Waals surface area (Å²) < 4.78 is 5.32. The number of carbonyl (C=O) groups is 1. The third-order valence-electron chi connectivity index (χ3n) is 4.40. The van der Waals surface area contributed by atoms with Crippen LogP contribution in [0.25, 0.3) is 10.9 Å². The molecule has 0 fully saturated rings. The smallest absolute Gasteiger partial charge is 0.254 e. The molecule has 0 saturated heterocycles. The predicted octanol–water partition coefficient (Wildman–Crippen LogP) is 2.77. The summed E-state index contributed by atoms with van der Waals surface area (Å²) in [5, 5.41) is 1.13. The van der Waals surface area contributed by atoms with Gasteiger partial charge in [0.15, 0.2) is 0 Å². The molecule has 2 aromatic heterocycles. The third kappa shape index (κ3) is 2.34. The van der Waals surface area contributed by atoms with Gasteiger partial charge in [0, 0.05) is 59.6 Å². The number of carbonyl (C=O) groups excluding carboxylic acids is 1. The Kier molecular flexibility index (Phi) is 3.26. The molecular formula is C18H17N3O2. The molecule has 3 heterocycles. The van der Waals surface area contributed by atoms with Crippen molar-refractivity contribution in [1.82, 2.24) is 14.9 Å². The maximum atomic E-state index is 12.7. The van der Waals surface area contributed by atoms with E-state index in [1.807, 2.05) is 23.1 Å². The van der Waals surface area contributed by atoms with E-state index in [0.29, 0.717) is 12.1 Å². The van der Waals surface area contributed by atoms with E-state index >= 15 is 0 Å². The van der Waals surface area contributed by atoms with Crippen LogP contribution >= 0.6 is 0 Å². The number of amides is 1. The lowest BCUT2D eigenvalue weighted by molar-refractivity contribution is 0.0735. The number of fused-ring (bicyclic) bond motifs is 3. The highest BCUT2D eigenvalue weighted by Gasteiger charge is 2.24. The van der Waals surface area contributed by atoms with Crippen molar-refractivity contribution < 1.29 is 9.53 Å². The third-order valence-corrected chi connectivity index (χ3v) is 4.40. The quantitative estimate of drug-likeness (QED) is 0.792. The van der Waals surface area contributed by atoms with Gasteiger partial charge in [0.05, 0.1) is 7.11 Å². The average molecular weight is 307 g/mol. The zero-order valence-electron chi connectivity index (χ0n) is 12.9. The Bertz CT molecular complexity index is 871. The monoisotopic (exact) mass is 307 g/mol. The SMILES string of the molecule is COc1ccc2[nH]c3c(c2c1)CN(C(=O)c1ccncc1)CC3. The number of hydrogen-bond acceptors (Lipinski definition) is 3. The van der Waals surface area contributed by atoms with E-state index in [2.05, 4.69) is 9.97 Å². The second-order valence-corrected chi connectivity index (χ2v) is 5.71. The van der Waals surface area contributed by atoms with Crippen molar-refractivity contribution in [1.29, 1.82) is 0 Å². The van der Waals surface area contributed by atoms with Crippen molar-refractivity contribution in [3.63, 3.8) is 0 Å². The van der Waals surface area contributed by atoms with Crippen molar-refractivity contribution >= 4 is 16.8 Å². The molecule has 1 N–H and O–H groups in total. The number of hydrogen-bond donors (Lipinski definition) is 1. The van der Waals surface area contributed by atoms with Gasteiger partial charge in [-0.25, -0.2) is 0 Å². The summed E-state index contributed by atoms with van der Waals surface area (Å²) >= 11 is 0. The summed E-state index contributed by atoms with van der Waals surface area (Å²) in [7, 11) is 1.67. The van der Waals surface area contributed by atoms with Crippen LogP contribution in [-0.2, 0) is 13.0 Å². The summed E-state index contributed by atoms with van der Waals surface area (Å²) in [6.45, 7) is 1.34. The fraction of sp³-hybridized carbons (Fsp3) is 0.222. The largest absolute Gasteiger partial charge is 0.497 e. The highest BCUT2D eigenvalue weighted by Crippen LogP contribution is 2.30. The van der Waals surface area contributed by atoms with E-state index in [9.17, 15) is 4.79 Å². The van der Waals surface area contributed by atoms with Crippen LogP contribution in [0.5, 0.6) is 5.75 Å². The average Bonchev–Trinajstić information content (AvgIpc) is 2.98. The van der Waals surface area contributed by atoms with Gasteiger partial charge in [0.1, 0.15) is 5.75 Å². The van der Waals surface area contributed by atoms with E-state index in [0.717, 1.165) is 29.6 Å². The summed E-state index contributed by atoms with van der Waals surface area (Å²) in [4.78, 5) is 22.0. The van der Waals surface area contributed by atoms with Gasteiger partial charge in [-0.3, -0.25) is 9.78 Å². The number of methoxy groups -OCH3 is 1. The van der Waals surface area contributed by atoms with E-state index in [4.69, 9.17) is 4.74 Å². The van der Waals surface area contributed by atoms with Crippen LogP contribution in [0.2, 0.25) is 0 Å². The Morgan fingerprint density at radius 2 is 2.09 bits per heavy atom. The predicted molar refractivity (Wildman–Crippen MR) is 87.5 cm³/mol. The number of pyridine rings is 1. The molecule has 0 spiro atoms. The number of H-pyrrole nitrogens is 1. The van der Waals surface area contributed by atoms with Gasteiger partial charge < -0.3 is 14.6 Å². The van der Waals surface area contributed by atoms with Gasteiger partial charge in [-0.1, -0.05) is 0 Å². The molecular weight excluding hydrogens is 290 g/mol. The number of nitrogens with one attached hydrogen (secondary N) is 1. The summed E-state index contributed by atoms with van der Waals surface area (Å²) in [6, 6.07) is 9.53. The number of aromatic nitrogens is 2. The lowest BCUT2D eigenvalue weighted by atomic mass is 10.0. The standard InChI is InChI=1S/C18H17N3O2/c1-23-13-2-3-16-14(10-13)15-11-21(9-6-17(15)20-16)18(22)12-4-7-19-8-5-12/h2-5,7-8,10,20H,6,9,11H2,1H3. The maximum Gasteiger partial charge on any atom is 0.254 e. The first-order valence-electron chi connectivity index (χ1n) is 7.63. The van der Waals surface area contributed by atoms with Gasteiger partial charge in [-0.2, -0.15) is 0 Å². The molecule has 1 aliphatic heterocycles. The van der Waals surface area contributed by atoms with Crippen molar-refractivity contribution in [3.05, 3.63) is 59.5 Å². The highest BCUT2D eigenvalue weighted by atomic mass is 16.5. The number of benzene rings is 1. The van der Waals surface area contributed by atoms with Crippen molar-refractivity contribution in [2.24, 2.45) is 0 Å². The molecule has 0 radical (unpaired) electrons. The molecule has 0 aliphatic carbocycles. The minimum atomic E-state index is 0.0512. The van der Waals surface area contributed by atoms with Crippen LogP contribution in [0.3, 0.4) is 0 Å². The Hall–Kier alpha value is -2.82. The first-order valence-corrected chi connectivity index (χ1v) is 7.63. The second kappa shape index (κ2) is 5.43. The first-order chi connectivity index (χ1) is 11.3. The molecule has 1 aromatic carbocycles. The number of rotatable bonds is 2. The molecule has 116 valence electrons. The maximum absolute atomic E-state index is 12.7. The molecule has 5 nitrogen and oxygen atoms in total. The van der Waals surface area contributed by atoms with Gasteiger partial charge >= 0.3 is 0 Å². The molecule has 5 heteroatoms. The molecule has 3 aromatic rings. The summed E-state index contributed by atoms with van der Waals surface area (Å²) in [5.41, 5.74) is 4.18. The molecule has 23 heavy (non-hydrogen) atoms. The number of nitrogens with zero attached hydrogens (tertiary/aromatic N) is 2. The molecule has 1 aliphatic rings. The summed E-state index contributed by atoms with van der Waals surface area (Å²) in [5.74, 6) is 0.882. The highest BCUT2D eigenvalue weighted by molar-refractivity contribution is 5.95. The van der Waals surface area contributed by atoms with Crippen molar-refractivity contribution in [2.45, 2.75) is 13.0 Å². The van der Waals surface area contributed by atoms with E-state index in [-0.39, 0.29) is 5.91 Å². The first kappa shape index (κ1) is 13.8. The molecule has 1 amide bonds. The Labute approximate surface area is 133 Å². The number of aromatic amines is 1. The Balaban J connectivity index is 1.69. The lowest BCUT2D eigenvalue weighted by Crippen LogP contribution is -2.35. The molecule has 0 bridgehead atoms. The van der Waals surface area contributed by atoms with Crippen molar-refractivity contribution in [3.8, 4) is 5.75 Å². The van der Waals surface area contributed by atoms with Crippen LogP contribution in [-0.4, -0.2) is 34.4 Å². The normalized spacial score (nSPS) is 13.9. The van der Waals surface area contributed by atoms with Gasteiger partial charge in [-0.15, -0.1) is 0 Å². The van der Waals surface area contributed by atoms with Crippen LogP contribution in [0, 0.1) is 0 Å². The zero-order chi connectivity index (χ0) is 15.8. The molecule has 0 atom stereocenters. The minimum absolute atomic E-state index is 0.0512. The zero-order valence-corrected chi connectivity index (χ0v) is 12.9. The van der Waals surface area contributed by atoms with E-state index < -0.39 is 0 Å². The Morgan fingerprint density at radius 3 is 2.87 bits per heavy atom. The summed E-state index contributed by atoms with van der Waals surface area (Å²) in [6.07, 6.45) is 4.14. The van der Waals surface area contributed by atoms with Crippen LogP contribution in [0.15, 0.2) is 42.7 Å². The van der Waals surface area contributed by atoms with Crippen molar-refractivity contribution in [2.75, 3.05) is 13.7 Å². The fourth-order valence-electron chi connectivity index (χ4n) is 3.17. The van der Waals surface area contributed by atoms with Gasteiger partial charge in [0.2, 0.25) is 0 Å². The lowest BCUT2D eigenvalue weighted by Gasteiger charge is -2.27. The minimum Gasteiger partial charge on any atom is -0.497 e. The fourth-order valence-corrected chi connectivity index (χ4v) is 3.17. The van der Waals surface area contributed by atoms with Crippen LogP contribution in [0.4, 0.5) is 0 Å². The molecule has 0 saturated carbocycles. The Morgan fingerprint density at radius 1 is 1.26 bits per heavy atom. The van der Waals surface area contributed by atoms with E-state index in [1.54, 1.807) is 31.6 Å². The van der Waals surface area contributed by atoms with E-state index in [1.165, 1.54) is 11.3 Å². The number of ether oxygens (including phenoxy) is 1. The van der Waals surface area contributed by atoms with Crippen LogP contribution < -0.4 is 4.74 Å². The van der Waals surface area contributed by atoms with Gasteiger partial charge in [-0.05, 0) is 30.3 Å². The molecule has 4 rings (SSSR count).